The largest absolute Gasteiger partial charge is 0.465 e. The number of para-hydroxylation sites is 1. The normalized spacial score (nSPS) is 10.8. The summed E-state index contributed by atoms with van der Waals surface area (Å²) in [6.07, 6.45) is 0. The maximum absolute atomic E-state index is 12.7. The molecule has 0 aliphatic heterocycles. The summed E-state index contributed by atoms with van der Waals surface area (Å²) in [4.78, 5) is 25.8. The van der Waals surface area contributed by atoms with Gasteiger partial charge in [-0.2, -0.15) is 0 Å². The number of hydrogen-bond acceptors (Lipinski definition) is 4. The third-order valence-corrected chi connectivity index (χ3v) is 6.14. The average molecular weight is 454 g/mol. The molecule has 0 bridgehead atoms. The summed E-state index contributed by atoms with van der Waals surface area (Å²) >= 11 is 7.69. The Morgan fingerprint density at radius 3 is 2.68 bits per heavy atom. The number of urea groups is 1. The number of aryl methyl sites for hydroxylation is 1. The number of carbonyl (C=O) groups is 2. The standard InChI is InChI=1S/C23H20ClN3O3S/c1-27-19-7-4-3-6-15(19)17(21(27)20-8-5-11-31-20)13-25-23(29)26-18-12-14(24)9-10-16(18)22(28)30-2/h3-12H,13H2,1-2H3,(H2,25,26,29). The van der Waals surface area contributed by atoms with Gasteiger partial charge in [-0.1, -0.05) is 35.9 Å². The SMILES string of the molecule is COC(=O)c1ccc(Cl)cc1NC(=O)NCc1c(-c2cccs2)n(C)c2ccccc12. The van der Waals surface area contributed by atoms with Gasteiger partial charge in [0, 0.05) is 35.1 Å². The highest BCUT2D eigenvalue weighted by atomic mass is 35.5. The molecule has 0 aliphatic carbocycles. The van der Waals surface area contributed by atoms with Crippen molar-refractivity contribution < 1.29 is 14.3 Å². The zero-order valence-electron chi connectivity index (χ0n) is 16.9. The molecular weight excluding hydrogens is 434 g/mol. The highest BCUT2D eigenvalue weighted by Gasteiger charge is 2.19. The molecule has 31 heavy (non-hydrogen) atoms. The first-order valence-corrected chi connectivity index (χ1v) is 10.8. The van der Waals surface area contributed by atoms with Gasteiger partial charge in [-0.15, -0.1) is 11.3 Å². The number of rotatable bonds is 5. The number of methoxy groups -OCH3 is 1. The number of thiophene rings is 1. The van der Waals surface area contributed by atoms with Gasteiger partial charge in [0.25, 0.3) is 0 Å². The van der Waals surface area contributed by atoms with Crippen LogP contribution in [0.4, 0.5) is 10.5 Å². The summed E-state index contributed by atoms with van der Waals surface area (Å²) in [5, 5.41) is 9.12. The highest BCUT2D eigenvalue weighted by Crippen LogP contribution is 2.35. The van der Waals surface area contributed by atoms with Gasteiger partial charge >= 0.3 is 12.0 Å². The fourth-order valence-corrected chi connectivity index (χ4v) is 4.63. The fraction of sp³-hybridized carbons (Fsp3) is 0.130. The van der Waals surface area contributed by atoms with E-state index in [2.05, 4.69) is 27.3 Å². The molecule has 0 radical (unpaired) electrons. The van der Waals surface area contributed by atoms with Crippen LogP contribution in [0.5, 0.6) is 0 Å². The van der Waals surface area contributed by atoms with Crippen LogP contribution in [-0.2, 0) is 18.3 Å². The number of benzene rings is 2. The van der Waals surface area contributed by atoms with E-state index in [1.807, 2.05) is 36.7 Å². The van der Waals surface area contributed by atoms with Crippen molar-refractivity contribution in [2.75, 3.05) is 12.4 Å². The van der Waals surface area contributed by atoms with Crippen molar-refractivity contribution >= 4 is 51.5 Å². The van der Waals surface area contributed by atoms with Gasteiger partial charge in [0.2, 0.25) is 0 Å². The van der Waals surface area contributed by atoms with E-state index >= 15 is 0 Å². The van der Waals surface area contributed by atoms with Crippen molar-refractivity contribution in [1.82, 2.24) is 9.88 Å². The minimum atomic E-state index is -0.555. The monoisotopic (exact) mass is 453 g/mol. The van der Waals surface area contributed by atoms with Gasteiger partial charge in [0.05, 0.1) is 28.9 Å². The Labute approximate surface area is 188 Å². The van der Waals surface area contributed by atoms with Crippen LogP contribution in [0.1, 0.15) is 15.9 Å². The number of ether oxygens (including phenoxy) is 1. The number of anilines is 1. The molecule has 0 spiro atoms. The van der Waals surface area contributed by atoms with Crippen molar-refractivity contribution in [3.05, 3.63) is 76.1 Å². The predicted octanol–water partition coefficient (Wildman–Crippen LogP) is 5.67. The molecule has 158 valence electrons. The Balaban J connectivity index is 1.61. The lowest BCUT2D eigenvalue weighted by Gasteiger charge is -2.12. The van der Waals surface area contributed by atoms with E-state index in [9.17, 15) is 9.59 Å². The number of hydrogen-bond donors (Lipinski definition) is 2. The Hall–Kier alpha value is -3.29. The van der Waals surface area contributed by atoms with E-state index in [1.165, 1.54) is 19.2 Å². The minimum absolute atomic E-state index is 0.228. The van der Waals surface area contributed by atoms with E-state index in [0.717, 1.165) is 27.0 Å². The number of amides is 2. The number of halogens is 1. The highest BCUT2D eigenvalue weighted by molar-refractivity contribution is 7.13. The summed E-state index contributed by atoms with van der Waals surface area (Å²) < 4.78 is 6.92. The summed E-state index contributed by atoms with van der Waals surface area (Å²) in [6.45, 7) is 0.314. The third kappa shape index (κ3) is 4.15. The molecule has 0 saturated carbocycles. The first kappa shape index (κ1) is 21.0. The van der Waals surface area contributed by atoms with Crippen LogP contribution >= 0.6 is 22.9 Å². The zero-order chi connectivity index (χ0) is 22.0. The van der Waals surface area contributed by atoms with Crippen LogP contribution in [0.3, 0.4) is 0 Å². The Bertz CT molecular complexity index is 1260. The second kappa shape index (κ2) is 8.83. The lowest BCUT2D eigenvalue weighted by molar-refractivity contribution is 0.0602. The summed E-state index contributed by atoms with van der Waals surface area (Å²) in [6, 6.07) is 16.3. The number of nitrogens with one attached hydrogen (secondary N) is 2. The molecule has 2 heterocycles. The molecule has 0 fully saturated rings. The lowest BCUT2D eigenvalue weighted by atomic mass is 10.1. The van der Waals surface area contributed by atoms with Crippen LogP contribution < -0.4 is 10.6 Å². The predicted molar refractivity (Wildman–Crippen MR) is 125 cm³/mol. The topological polar surface area (TPSA) is 72.4 Å². The molecule has 2 aromatic heterocycles. The van der Waals surface area contributed by atoms with Gasteiger partial charge in [-0.25, -0.2) is 9.59 Å². The van der Waals surface area contributed by atoms with Crippen LogP contribution in [0.2, 0.25) is 5.02 Å². The lowest BCUT2D eigenvalue weighted by Crippen LogP contribution is -2.29. The average Bonchev–Trinajstić information content (AvgIpc) is 3.38. The van der Waals surface area contributed by atoms with Gasteiger partial charge in [-0.05, 0) is 35.7 Å². The minimum Gasteiger partial charge on any atom is -0.465 e. The Morgan fingerprint density at radius 1 is 1.13 bits per heavy atom. The van der Waals surface area contributed by atoms with E-state index in [-0.39, 0.29) is 11.3 Å². The zero-order valence-corrected chi connectivity index (χ0v) is 18.5. The smallest absolute Gasteiger partial charge is 0.339 e. The number of nitrogens with zero attached hydrogens (tertiary/aromatic N) is 1. The maximum atomic E-state index is 12.7. The molecule has 8 heteroatoms. The number of esters is 1. The molecule has 6 nitrogen and oxygen atoms in total. The summed E-state index contributed by atoms with van der Waals surface area (Å²) in [5.74, 6) is -0.555. The molecule has 0 aliphatic rings. The Morgan fingerprint density at radius 2 is 1.94 bits per heavy atom. The molecule has 4 rings (SSSR count). The first-order chi connectivity index (χ1) is 15.0. The third-order valence-electron chi connectivity index (χ3n) is 5.03. The fourth-order valence-electron chi connectivity index (χ4n) is 3.62. The van der Waals surface area contributed by atoms with Crippen molar-refractivity contribution in [1.29, 1.82) is 0 Å². The van der Waals surface area contributed by atoms with E-state index < -0.39 is 12.0 Å². The van der Waals surface area contributed by atoms with E-state index in [1.54, 1.807) is 17.4 Å². The Kier molecular flexibility index (Phi) is 5.97. The second-order valence-corrected chi connectivity index (χ2v) is 8.25. The summed E-state index contributed by atoms with van der Waals surface area (Å²) in [5.41, 5.74) is 3.69. The van der Waals surface area contributed by atoms with E-state index in [4.69, 9.17) is 16.3 Å². The van der Waals surface area contributed by atoms with E-state index in [0.29, 0.717) is 11.6 Å². The molecule has 0 unspecified atom stereocenters. The maximum Gasteiger partial charge on any atom is 0.339 e. The van der Waals surface area contributed by atoms with Crippen molar-refractivity contribution in [2.24, 2.45) is 7.05 Å². The number of aromatic nitrogens is 1. The molecule has 4 aromatic rings. The van der Waals surface area contributed by atoms with Crippen LogP contribution in [-0.4, -0.2) is 23.7 Å². The van der Waals surface area contributed by atoms with Gasteiger partial charge in [0.15, 0.2) is 0 Å². The summed E-state index contributed by atoms with van der Waals surface area (Å²) in [7, 11) is 3.31. The van der Waals surface area contributed by atoms with Gasteiger partial charge in [-0.3, -0.25) is 0 Å². The molecule has 0 saturated heterocycles. The van der Waals surface area contributed by atoms with Crippen molar-refractivity contribution in [3.63, 3.8) is 0 Å². The van der Waals surface area contributed by atoms with Crippen LogP contribution in [0.25, 0.3) is 21.5 Å². The molecule has 2 aromatic carbocycles. The number of carbonyl (C=O) groups excluding carboxylic acids is 2. The second-order valence-electron chi connectivity index (χ2n) is 6.87. The molecule has 2 amide bonds. The molecule has 2 N–H and O–H groups in total. The van der Waals surface area contributed by atoms with Crippen LogP contribution in [0.15, 0.2) is 60.0 Å². The molecule has 0 atom stereocenters. The quantitative estimate of drug-likeness (QED) is 0.382. The molecular formula is C23H20ClN3O3S. The van der Waals surface area contributed by atoms with Gasteiger partial charge < -0.3 is 19.9 Å². The first-order valence-electron chi connectivity index (χ1n) is 9.52. The van der Waals surface area contributed by atoms with Gasteiger partial charge in [0.1, 0.15) is 0 Å². The van der Waals surface area contributed by atoms with Crippen molar-refractivity contribution in [3.8, 4) is 10.6 Å². The number of fused-ring (bicyclic) bond motifs is 1. The van der Waals surface area contributed by atoms with Crippen molar-refractivity contribution in [2.45, 2.75) is 6.54 Å². The van der Waals surface area contributed by atoms with Crippen LogP contribution in [0, 0.1) is 0 Å².